The van der Waals surface area contributed by atoms with Crippen LogP contribution in [-0.4, -0.2) is 30.6 Å². The highest BCUT2D eigenvalue weighted by Gasteiger charge is 2.24. The average molecular weight is 408 g/mol. The lowest BCUT2D eigenvalue weighted by atomic mass is 9.92. The second-order valence-corrected chi connectivity index (χ2v) is 8.68. The molecule has 0 radical (unpaired) electrons. The van der Waals surface area contributed by atoms with Gasteiger partial charge in [-0.05, 0) is 25.1 Å². The number of amides is 1. The predicted molar refractivity (Wildman–Crippen MR) is 110 cm³/mol. The number of aromatic nitrogens is 5. The zero-order chi connectivity index (χ0) is 20.6. The van der Waals surface area contributed by atoms with E-state index in [1.807, 2.05) is 19.1 Å². The van der Waals surface area contributed by atoms with Gasteiger partial charge < -0.3 is 9.73 Å². The molecule has 0 aliphatic rings. The van der Waals surface area contributed by atoms with E-state index in [9.17, 15) is 4.79 Å². The minimum atomic E-state index is -0.325. The molecule has 1 amide bonds. The van der Waals surface area contributed by atoms with Gasteiger partial charge >= 0.3 is 0 Å². The summed E-state index contributed by atoms with van der Waals surface area (Å²) in [5.74, 6) is 1.17. The number of carbonyl (C=O) groups is 1. The van der Waals surface area contributed by atoms with Crippen molar-refractivity contribution in [3.05, 3.63) is 59.2 Å². The van der Waals surface area contributed by atoms with Crippen LogP contribution in [0.1, 0.15) is 41.8 Å². The van der Waals surface area contributed by atoms with Crippen LogP contribution in [0.15, 0.2) is 47.3 Å². The minimum absolute atomic E-state index is 0.206. The summed E-state index contributed by atoms with van der Waals surface area (Å²) in [4.78, 5) is 26.7. The molecule has 148 valence electrons. The van der Waals surface area contributed by atoms with E-state index in [4.69, 9.17) is 4.42 Å². The van der Waals surface area contributed by atoms with Gasteiger partial charge in [-0.3, -0.25) is 4.79 Å². The summed E-state index contributed by atoms with van der Waals surface area (Å²) in [6, 6.07) is 7.17. The van der Waals surface area contributed by atoms with Gasteiger partial charge in [0.2, 0.25) is 0 Å². The third-order valence-electron chi connectivity index (χ3n) is 4.20. The van der Waals surface area contributed by atoms with Crippen LogP contribution in [-0.2, 0) is 5.41 Å². The van der Waals surface area contributed by atoms with Crippen molar-refractivity contribution in [1.82, 2.24) is 24.7 Å². The Labute approximate surface area is 171 Å². The number of carbonyl (C=O) groups excluding carboxylic acids is 1. The highest BCUT2D eigenvalue weighted by Crippen LogP contribution is 2.29. The molecule has 0 aliphatic carbocycles. The molecule has 4 aromatic heterocycles. The van der Waals surface area contributed by atoms with Gasteiger partial charge in [-0.25, -0.2) is 15.0 Å². The zero-order valence-corrected chi connectivity index (χ0v) is 17.3. The number of anilines is 1. The minimum Gasteiger partial charge on any atom is -0.462 e. The van der Waals surface area contributed by atoms with Crippen molar-refractivity contribution in [3.63, 3.8) is 0 Å². The van der Waals surface area contributed by atoms with E-state index in [0.29, 0.717) is 28.2 Å². The second-order valence-electron chi connectivity index (χ2n) is 7.48. The number of rotatable bonds is 4. The molecule has 0 atom stereocenters. The number of aryl methyl sites for hydroxylation is 1. The van der Waals surface area contributed by atoms with Crippen molar-refractivity contribution < 1.29 is 9.21 Å². The number of thiazole rings is 1. The van der Waals surface area contributed by atoms with E-state index in [1.165, 1.54) is 16.0 Å². The molecular weight excluding hydrogens is 388 g/mol. The first-order chi connectivity index (χ1) is 13.8. The highest BCUT2D eigenvalue weighted by atomic mass is 32.1. The molecule has 0 saturated heterocycles. The number of hydrogen-bond donors (Lipinski definition) is 1. The van der Waals surface area contributed by atoms with Gasteiger partial charge in [0.05, 0.1) is 12.0 Å². The molecule has 0 spiro atoms. The molecule has 4 rings (SSSR count). The molecule has 0 saturated carbocycles. The maximum Gasteiger partial charge on any atom is 0.276 e. The Hall–Kier alpha value is -3.33. The molecule has 0 aromatic carbocycles. The Morgan fingerprint density at radius 1 is 1.21 bits per heavy atom. The number of nitrogens with one attached hydrogen (secondary N) is 1. The van der Waals surface area contributed by atoms with Gasteiger partial charge in [-0.2, -0.15) is 9.78 Å². The van der Waals surface area contributed by atoms with E-state index >= 15 is 0 Å². The first-order valence-electron chi connectivity index (χ1n) is 9.03. The van der Waals surface area contributed by atoms with Gasteiger partial charge in [0.1, 0.15) is 11.5 Å². The Morgan fingerprint density at radius 3 is 2.62 bits per heavy atom. The van der Waals surface area contributed by atoms with Crippen molar-refractivity contribution in [2.75, 3.05) is 5.32 Å². The van der Waals surface area contributed by atoms with Gasteiger partial charge in [0.15, 0.2) is 10.8 Å². The topological polar surface area (TPSA) is 98.7 Å². The molecule has 4 heterocycles. The number of nitrogens with zero attached hydrogens (tertiary/aromatic N) is 5. The zero-order valence-electron chi connectivity index (χ0n) is 16.5. The Morgan fingerprint density at radius 2 is 1.97 bits per heavy atom. The molecule has 0 unspecified atom stereocenters. The summed E-state index contributed by atoms with van der Waals surface area (Å²) >= 11 is 1.41. The van der Waals surface area contributed by atoms with Crippen molar-refractivity contribution in [1.29, 1.82) is 0 Å². The van der Waals surface area contributed by atoms with Crippen molar-refractivity contribution in [2.45, 2.75) is 33.1 Å². The van der Waals surface area contributed by atoms with Crippen LogP contribution in [0.3, 0.4) is 0 Å². The average Bonchev–Trinajstić information content (AvgIpc) is 3.41. The first kappa shape index (κ1) is 19.0. The fourth-order valence-electron chi connectivity index (χ4n) is 2.68. The van der Waals surface area contributed by atoms with Crippen LogP contribution in [0.25, 0.3) is 16.7 Å². The summed E-state index contributed by atoms with van der Waals surface area (Å²) < 4.78 is 6.92. The smallest absolute Gasteiger partial charge is 0.276 e. The molecule has 29 heavy (non-hydrogen) atoms. The van der Waals surface area contributed by atoms with Crippen molar-refractivity contribution >= 4 is 23.1 Å². The predicted octanol–water partition coefficient (Wildman–Crippen LogP) is 4.24. The van der Waals surface area contributed by atoms with Crippen LogP contribution < -0.4 is 5.32 Å². The standard InChI is InChI=1S/C20H20N6O2S/c1-12-16(24-18(29-12)13-7-5-10-28-13)17(27)23-15-11-14(20(2,3)4)25-26(15)19-21-8-6-9-22-19/h5-11H,1-4H3,(H,23,27). The third-order valence-corrected chi connectivity index (χ3v) is 5.19. The van der Waals surface area contributed by atoms with E-state index in [0.717, 1.165) is 10.6 Å². The maximum absolute atomic E-state index is 13.0. The third kappa shape index (κ3) is 3.81. The highest BCUT2D eigenvalue weighted by molar-refractivity contribution is 7.15. The lowest BCUT2D eigenvalue weighted by molar-refractivity contribution is 0.102. The summed E-state index contributed by atoms with van der Waals surface area (Å²) in [5.41, 5.74) is 0.953. The molecule has 9 heteroatoms. The van der Waals surface area contributed by atoms with Crippen molar-refractivity contribution in [2.24, 2.45) is 0 Å². The maximum atomic E-state index is 13.0. The van der Waals surface area contributed by atoms with Crippen LogP contribution in [0.2, 0.25) is 0 Å². The lowest BCUT2D eigenvalue weighted by Crippen LogP contribution is -2.17. The molecule has 4 aromatic rings. The van der Waals surface area contributed by atoms with E-state index in [1.54, 1.807) is 30.8 Å². The summed E-state index contributed by atoms with van der Waals surface area (Å²) in [6.07, 6.45) is 4.84. The molecule has 0 fully saturated rings. The Balaban J connectivity index is 1.69. The Bertz CT molecular complexity index is 1140. The molecule has 8 nitrogen and oxygen atoms in total. The van der Waals surface area contributed by atoms with Gasteiger partial charge in [-0.1, -0.05) is 20.8 Å². The first-order valence-corrected chi connectivity index (χ1v) is 9.85. The molecule has 0 aliphatic heterocycles. The fraction of sp³-hybridized carbons (Fsp3) is 0.250. The van der Waals surface area contributed by atoms with Crippen LogP contribution in [0.4, 0.5) is 5.82 Å². The quantitative estimate of drug-likeness (QED) is 0.542. The number of furan rings is 1. The molecular formula is C20H20N6O2S. The Kier molecular flexibility index (Phi) is 4.75. The van der Waals surface area contributed by atoms with Gasteiger partial charge in [-0.15, -0.1) is 11.3 Å². The van der Waals surface area contributed by atoms with Crippen LogP contribution in [0.5, 0.6) is 0 Å². The molecule has 0 bridgehead atoms. The largest absolute Gasteiger partial charge is 0.462 e. The second kappa shape index (κ2) is 7.25. The summed E-state index contributed by atoms with van der Waals surface area (Å²) in [5, 5.41) is 8.18. The monoisotopic (exact) mass is 408 g/mol. The summed E-state index contributed by atoms with van der Waals surface area (Å²) in [6.45, 7) is 8.02. The number of hydrogen-bond acceptors (Lipinski definition) is 7. The van der Waals surface area contributed by atoms with Crippen LogP contribution >= 0.6 is 11.3 Å². The van der Waals surface area contributed by atoms with Gasteiger partial charge in [0.25, 0.3) is 11.9 Å². The lowest BCUT2D eigenvalue weighted by Gasteiger charge is -2.13. The fourth-order valence-corrected chi connectivity index (χ4v) is 3.56. The normalized spacial score (nSPS) is 11.6. The van der Waals surface area contributed by atoms with E-state index in [2.05, 4.69) is 46.1 Å². The van der Waals surface area contributed by atoms with Crippen molar-refractivity contribution in [3.8, 4) is 16.7 Å². The SMILES string of the molecule is Cc1sc(-c2ccco2)nc1C(=O)Nc1cc(C(C)(C)C)nn1-c1ncccn1. The van der Waals surface area contributed by atoms with E-state index in [-0.39, 0.29) is 11.3 Å². The van der Waals surface area contributed by atoms with E-state index < -0.39 is 0 Å². The molecule has 1 N–H and O–H groups in total. The summed E-state index contributed by atoms with van der Waals surface area (Å²) in [7, 11) is 0. The van der Waals surface area contributed by atoms with Gasteiger partial charge in [0, 0.05) is 28.8 Å². The van der Waals surface area contributed by atoms with Crippen LogP contribution in [0, 0.1) is 6.92 Å².